The fraction of sp³-hybridized carbons (Fsp3) is 0.111. The molecule has 0 radical (unpaired) electrons. The van der Waals surface area contributed by atoms with Crippen LogP contribution in [0.2, 0.25) is 0 Å². The van der Waals surface area contributed by atoms with E-state index in [9.17, 15) is 14.4 Å². The summed E-state index contributed by atoms with van der Waals surface area (Å²) in [5.41, 5.74) is 0.507. The average Bonchev–Trinajstić information content (AvgIpc) is 2.17. The smallest absolute Gasteiger partial charge is 0.277 e. The van der Waals surface area contributed by atoms with Gasteiger partial charge < -0.3 is 0 Å². The Morgan fingerprint density at radius 2 is 1.53 bits per heavy atom. The van der Waals surface area contributed by atoms with Crippen LogP contribution in [0.4, 0.5) is 4.79 Å². The van der Waals surface area contributed by atoms with E-state index in [1.165, 1.54) is 12.4 Å². The highest BCUT2D eigenvalue weighted by Crippen LogP contribution is 2.17. The number of nitrogens with one attached hydrogen (secondary N) is 2. The van der Waals surface area contributed by atoms with Crippen LogP contribution >= 0.6 is 0 Å². The quantitative estimate of drug-likeness (QED) is 0.607. The Kier molecular flexibility index (Phi) is 2.17. The third-order valence-corrected chi connectivity index (χ3v) is 2.04. The van der Waals surface area contributed by atoms with E-state index < -0.39 is 23.8 Å². The lowest BCUT2D eigenvalue weighted by Gasteiger charge is -2.20. The molecule has 4 amide bonds. The lowest BCUT2D eigenvalue weighted by Crippen LogP contribution is -2.54. The van der Waals surface area contributed by atoms with Crippen molar-refractivity contribution in [2.24, 2.45) is 0 Å². The molecule has 0 spiro atoms. The van der Waals surface area contributed by atoms with Gasteiger partial charge in [0.25, 0.3) is 0 Å². The summed E-state index contributed by atoms with van der Waals surface area (Å²) in [7, 11) is 0. The van der Waals surface area contributed by atoms with Crippen LogP contribution in [0.15, 0.2) is 24.5 Å². The average molecular weight is 205 g/mol. The topological polar surface area (TPSA) is 88.2 Å². The highest BCUT2D eigenvalue weighted by Gasteiger charge is 2.35. The lowest BCUT2D eigenvalue weighted by atomic mass is 9.97. The van der Waals surface area contributed by atoms with Crippen molar-refractivity contribution in [2.45, 2.75) is 5.92 Å². The van der Waals surface area contributed by atoms with Crippen molar-refractivity contribution in [1.29, 1.82) is 0 Å². The molecule has 15 heavy (non-hydrogen) atoms. The van der Waals surface area contributed by atoms with Gasteiger partial charge in [0.15, 0.2) is 0 Å². The number of carbonyl (C=O) groups excluding carboxylic acids is 3. The molecule has 1 aliphatic heterocycles. The van der Waals surface area contributed by atoms with Crippen molar-refractivity contribution in [3.8, 4) is 0 Å². The van der Waals surface area contributed by atoms with Crippen molar-refractivity contribution in [3.63, 3.8) is 0 Å². The summed E-state index contributed by atoms with van der Waals surface area (Å²) in [6.45, 7) is 0. The van der Waals surface area contributed by atoms with Gasteiger partial charge in [0.05, 0.1) is 0 Å². The molecule has 0 bridgehead atoms. The zero-order valence-corrected chi connectivity index (χ0v) is 7.56. The molecule has 1 aliphatic rings. The molecule has 2 heterocycles. The second kappa shape index (κ2) is 3.49. The molecule has 0 unspecified atom stereocenters. The Morgan fingerprint density at radius 3 is 2.07 bits per heavy atom. The Hall–Kier alpha value is -2.24. The molecule has 0 aromatic carbocycles. The summed E-state index contributed by atoms with van der Waals surface area (Å²) in [5.74, 6) is -2.21. The molecule has 0 saturated carbocycles. The van der Waals surface area contributed by atoms with E-state index in [1.807, 2.05) is 10.6 Å². The highest BCUT2D eigenvalue weighted by molar-refractivity contribution is 6.19. The maximum absolute atomic E-state index is 11.4. The maximum Gasteiger partial charge on any atom is 0.328 e. The Morgan fingerprint density at radius 1 is 1.00 bits per heavy atom. The van der Waals surface area contributed by atoms with Gasteiger partial charge in [0.1, 0.15) is 5.92 Å². The van der Waals surface area contributed by atoms with Gasteiger partial charge in [-0.15, -0.1) is 0 Å². The number of nitrogens with zero attached hydrogens (tertiary/aromatic N) is 1. The summed E-state index contributed by atoms with van der Waals surface area (Å²) < 4.78 is 0. The Bertz CT molecular complexity index is 409. The number of urea groups is 1. The molecule has 1 saturated heterocycles. The lowest BCUT2D eigenvalue weighted by molar-refractivity contribution is -0.132. The summed E-state index contributed by atoms with van der Waals surface area (Å²) in [4.78, 5) is 37.4. The number of rotatable bonds is 1. The third-order valence-electron chi connectivity index (χ3n) is 2.04. The van der Waals surface area contributed by atoms with Crippen LogP contribution in [0.3, 0.4) is 0 Å². The van der Waals surface area contributed by atoms with Crippen LogP contribution < -0.4 is 10.6 Å². The molecule has 0 atom stereocenters. The number of barbiturate groups is 1. The van der Waals surface area contributed by atoms with E-state index in [0.29, 0.717) is 5.56 Å². The molecule has 6 nitrogen and oxygen atoms in total. The van der Waals surface area contributed by atoms with Crippen LogP contribution in [-0.2, 0) is 9.59 Å². The van der Waals surface area contributed by atoms with E-state index in [0.717, 1.165) is 0 Å². The molecule has 76 valence electrons. The number of imide groups is 2. The van der Waals surface area contributed by atoms with Crippen LogP contribution in [0, 0.1) is 0 Å². The standard InChI is InChI=1S/C9H7N3O3/c13-7-6(5-1-3-10-4-2-5)8(14)12-9(15)11-7/h1-4,6H,(H2,11,12,13,14,15). The first-order valence-electron chi connectivity index (χ1n) is 4.24. The van der Waals surface area contributed by atoms with E-state index in [2.05, 4.69) is 4.98 Å². The molecular weight excluding hydrogens is 198 g/mol. The zero-order valence-electron chi connectivity index (χ0n) is 7.56. The molecular formula is C9H7N3O3. The Labute approximate surface area is 84.7 Å². The summed E-state index contributed by atoms with van der Waals surface area (Å²) in [6, 6.07) is 2.33. The zero-order chi connectivity index (χ0) is 10.8. The highest BCUT2D eigenvalue weighted by atomic mass is 16.2. The fourth-order valence-corrected chi connectivity index (χ4v) is 1.38. The molecule has 2 rings (SSSR count). The van der Waals surface area contributed by atoms with Crippen molar-refractivity contribution in [3.05, 3.63) is 30.1 Å². The van der Waals surface area contributed by atoms with Gasteiger partial charge in [0, 0.05) is 12.4 Å². The second-order valence-electron chi connectivity index (χ2n) is 3.02. The van der Waals surface area contributed by atoms with E-state index >= 15 is 0 Å². The minimum absolute atomic E-state index is 0.507. The van der Waals surface area contributed by atoms with Crippen LogP contribution in [-0.4, -0.2) is 22.8 Å². The third kappa shape index (κ3) is 1.69. The molecule has 1 aromatic heterocycles. The first-order valence-corrected chi connectivity index (χ1v) is 4.24. The molecule has 1 fully saturated rings. The maximum atomic E-state index is 11.4. The van der Waals surface area contributed by atoms with Gasteiger partial charge in [0.2, 0.25) is 11.8 Å². The molecule has 6 heteroatoms. The van der Waals surface area contributed by atoms with Gasteiger partial charge in [-0.1, -0.05) is 0 Å². The summed E-state index contributed by atoms with van der Waals surface area (Å²) in [5, 5.41) is 4.06. The van der Waals surface area contributed by atoms with Crippen molar-refractivity contribution < 1.29 is 14.4 Å². The summed E-state index contributed by atoms with van der Waals surface area (Å²) >= 11 is 0. The van der Waals surface area contributed by atoms with Crippen LogP contribution in [0.5, 0.6) is 0 Å². The molecule has 2 N–H and O–H groups in total. The summed E-state index contributed by atoms with van der Waals surface area (Å²) in [6.07, 6.45) is 2.96. The SMILES string of the molecule is O=C1NC(=O)C(c2ccncc2)C(=O)N1. The van der Waals surface area contributed by atoms with Crippen molar-refractivity contribution in [1.82, 2.24) is 15.6 Å². The van der Waals surface area contributed by atoms with E-state index in [1.54, 1.807) is 12.1 Å². The van der Waals surface area contributed by atoms with E-state index in [4.69, 9.17) is 0 Å². The number of aromatic nitrogens is 1. The fourth-order valence-electron chi connectivity index (χ4n) is 1.38. The minimum atomic E-state index is -0.981. The number of hydrogen-bond acceptors (Lipinski definition) is 4. The van der Waals surface area contributed by atoms with Gasteiger partial charge in [-0.05, 0) is 17.7 Å². The van der Waals surface area contributed by atoms with Gasteiger partial charge in [-0.3, -0.25) is 25.2 Å². The predicted molar refractivity (Wildman–Crippen MR) is 48.7 cm³/mol. The van der Waals surface area contributed by atoms with Crippen LogP contribution in [0.1, 0.15) is 11.5 Å². The number of pyridine rings is 1. The minimum Gasteiger partial charge on any atom is -0.277 e. The van der Waals surface area contributed by atoms with Gasteiger partial charge >= 0.3 is 6.03 Å². The second-order valence-corrected chi connectivity index (χ2v) is 3.02. The van der Waals surface area contributed by atoms with E-state index in [-0.39, 0.29) is 0 Å². The number of carbonyl (C=O) groups is 3. The Balaban J connectivity index is 2.33. The number of amides is 4. The molecule has 1 aromatic rings. The predicted octanol–water partition coefficient (Wildman–Crippen LogP) is -0.469. The van der Waals surface area contributed by atoms with Crippen LogP contribution in [0.25, 0.3) is 0 Å². The molecule has 0 aliphatic carbocycles. The first-order chi connectivity index (χ1) is 7.18. The van der Waals surface area contributed by atoms with Crippen molar-refractivity contribution in [2.75, 3.05) is 0 Å². The van der Waals surface area contributed by atoms with Gasteiger partial charge in [-0.25, -0.2) is 4.79 Å². The largest absolute Gasteiger partial charge is 0.328 e. The monoisotopic (exact) mass is 205 g/mol. The van der Waals surface area contributed by atoms with Gasteiger partial charge in [-0.2, -0.15) is 0 Å². The number of hydrogen-bond donors (Lipinski definition) is 2. The van der Waals surface area contributed by atoms with Crippen molar-refractivity contribution >= 4 is 17.8 Å². The normalized spacial score (nSPS) is 17.2. The first kappa shape index (κ1) is 9.32.